The maximum Gasteiger partial charge on any atom is 0.257 e. The van der Waals surface area contributed by atoms with Crippen molar-refractivity contribution in [2.45, 2.75) is 6.92 Å². The van der Waals surface area contributed by atoms with Gasteiger partial charge in [0.1, 0.15) is 11.3 Å². The van der Waals surface area contributed by atoms with E-state index in [0.717, 1.165) is 9.13 Å². The van der Waals surface area contributed by atoms with Crippen molar-refractivity contribution in [2.24, 2.45) is 0 Å². The lowest BCUT2D eigenvalue weighted by atomic mass is 10.1. The number of halogens is 1. The molecule has 0 unspecified atom stereocenters. The molecule has 0 saturated carbocycles. The molecule has 0 saturated heterocycles. The van der Waals surface area contributed by atoms with E-state index in [9.17, 15) is 9.90 Å². The summed E-state index contributed by atoms with van der Waals surface area (Å²) in [5, 5.41) is 16.0. The van der Waals surface area contributed by atoms with E-state index >= 15 is 0 Å². The van der Waals surface area contributed by atoms with Gasteiger partial charge in [-0.1, -0.05) is 12.1 Å². The van der Waals surface area contributed by atoms with Gasteiger partial charge in [0, 0.05) is 14.8 Å². The summed E-state index contributed by atoms with van der Waals surface area (Å²) in [6, 6.07) is 17.7. The van der Waals surface area contributed by atoms with Crippen molar-refractivity contribution >= 4 is 62.6 Å². The number of fused-ring (bicyclic) bond motifs is 1. The number of anilines is 1. The predicted octanol–water partition coefficient (Wildman–Crippen LogP) is 5.24. The molecule has 1 aromatic heterocycles. The van der Waals surface area contributed by atoms with E-state index in [-0.39, 0.29) is 16.8 Å². The predicted molar refractivity (Wildman–Crippen MR) is 129 cm³/mol. The van der Waals surface area contributed by atoms with Gasteiger partial charge in [0.05, 0.1) is 5.56 Å². The number of hydrogen-bond acceptors (Lipinski definition) is 5. The Bertz CT molecular complexity index is 1290. The summed E-state index contributed by atoms with van der Waals surface area (Å²) in [5.74, 6) is 0.0162. The number of oxazole rings is 1. The van der Waals surface area contributed by atoms with E-state index in [1.54, 1.807) is 30.3 Å². The standard InChI is InChI=1S/C22H16IN3O3S/c1-12-5-7-17-19(9-12)29-21(25-17)16-11-15(6-8-18(16)27)24-22(30)26-20(28)13-3-2-4-14(23)10-13/h2-11,27H,1H3,(H2,24,26,28,30). The number of thiocarbonyl (C=S) groups is 1. The van der Waals surface area contributed by atoms with E-state index in [2.05, 4.69) is 38.2 Å². The zero-order valence-corrected chi connectivity index (χ0v) is 18.7. The molecule has 150 valence electrons. The second kappa shape index (κ2) is 8.41. The molecule has 4 rings (SSSR count). The number of carbonyl (C=O) groups excluding carboxylic acids is 1. The number of aromatic hydroxyl groups is 1. The van der Waals surface area contributed by atoms with Crippen molar-refractivity contribution in [1.82, 2.24) is 10.3 Å². The lowest BCUT2D eigenvalue weighted by Gasteiger charge is -2.11. The number of hydrogen-bond donors (Lipinski definition) is 3. The molecule has 4 aromatic rings. The van der Waals surface area contributed by atoms with E-state index in [1.165, 1.54) is 6.07 Å². The van der Waals surface area contributed by atoms with Crippen molar-refractivity contribution in [3.8, 4) is 17.2 Å². The smallest absolute Gasteiger partial charge is 0.257 e. The summed E-state index contributed by atoms with van der Waals surface area (Å²) in [4.78, 5) is 16.8. The minimum Gasteiger partial charge on any atom is -0.507 e. The third-order valence-corrected chi connectivity index (χ3v) is 5.22. The highest BCUT2D eigenvalue weighted by Gasteiger charge is 2.14. The molecule has 0 spiro atoms. The molecule has 0 aliphatic carbocycles. The lowest BCUT2D eigenvalue weighted by molar-refractivity contribution is 0.0977. The van der Waals surface area contributed by atoms with Crippen molar-refractivity contribution < 1.29 is 14.3 Å². The number of nitrogens with zero attached hydrogens (tertiary/aromatic N) is 1. The molecular formula is C22H16IN3O3S. The number of rotatable bonds is 3. The Morgan fingerprint density at radius 1 is 1.13 bits per heavy atom. The maximum atomic E-state index is 12.4. The Hall–Kier alpha value is -2.98. The number of phenolic OH excluding ortho intramolecular Hbond substituents is 1. The van der Waals surface area contributed by atoms with Crippen molar-refractivity contribution in [2.75, 3.05) is 5.32 Å². The Labute approximate surface area is 191 Å². The molecule has 3 N–H and O–H groups in total. The van der Waals surface area contributed by atoms with Crippen LogP contribution in [0.5, 0.6) is 5.75 Å². The second-order valence-corrected chi connectivity index (χ2v) is 8.29. The Morgan fingerprint density at radius 2 is 1.97 bits per heavy atom. The average Bonchev–Trinajstić information content (AvgIpc) is 3.12. The molecule has 1 heterocycles. The molecule has 0 fully saturated rings. The first kappa shape index (κ1) is 20.3. The van der Waals surface area contributed by atoms with Crippen LogP contribution in [0.4, 0.5) is 5.69 Å². The Morgan fingerprint density at radius 3 is 2.77 bits per heavy atom. The maximum absolute atomic E-state index is 12.4. The SMILES string of the molecule is Cc1ccc2nc(-c3cc(NC(=S)NC(=O)c4cccc(I)c4)ccc3O)oc2c1. The highest BCUT2D eigenvalue weighted by atomic mass is 127. The van der Waals surface area contributed by atoms with Gasteiger partial charge in [0.2, 0.25) is 5.89 Å². The lowest BCUT2D eigenvalue weighted by Crippen LogP contribution is -2.34. The fourth-order valence-corrected chi connectivity index (χ4v) is 3.65. The molecule has 0 aliphatic rings. The minimum absolute atomic E-state index is 0.0256. The van der Waals surface area contributed by atoms with Crippen LogP contribution >= 0.6 is 34.8 Å². The van der Waals surface area contributed by atoms with Crippen LogP contribution < -0.4 is 10.6 Å². The van der Waals surface area contributed by atoms with Crippen molar-refractivity contribution in [1.29, 1.82) is 0 Å². The first-order valence-electron chi connectivity index (χ1n) is 8.97. The average molecular weight is 529 g/mol. The summed E-state index contributed by atoms with van der Waals surface area (Å²) >= 11 is 7.40. The van der Waals surface area contributed by atoms with E-state index in [4.69, 9.17) is 16.6 Å². The zero-order chi connectivity index (χ0) is 21.3. The minimum atomic E-state index is -0.306. The van der Waals surface area contributed by atoms with Gasteiger partial charge in [-0.05, 0) is 95.8 Å². The van der Waals surface area contributed by atoms with Crippen LogP contribution in [0.2, 0.25) is 0 Å². The van der Waals surface area contributed by atoms with Crippen molar-refractivity contribution in [3.05, 3.63) is 75.4 Å². The van der Waals surface area contributed by atoms with Gasteiger partial charge in [-0.15, -0.1) is 0 Å². The van der Waals surface area contributed by atoms with Crippen LogP contribution in [0.1, 0.15) is 15.9 Å². The number of amides is 1. The van der Waals surface area contributed by atoms with Crippen LogP contribution in [-0.4, -0.2) is 21.1 Å². The molecular weight excluding hydrogens is 513 g/mol. The van der Waals surface area contributed by atoms with E-state index in [1.807, 2.05) is 31.2 Å². The van der Waals surface area contributed by atoms with Crippen LogP contribution in [0, 0.1) is 10.5 Å². The second-order valence-electron chi connectivity index (χ2n) is 6.64. The first-order valence-corrected chi connectivity index (χ1v) is 10.5. The summed E-state index contributed by atoms with van der Waals surface area (Å²) in [6.07, 6.45) is 0. The first-order chi connectivity index (χ1) is 14.4. The van der Waals surface area contributed by atoms with Crippen LogP contribution in [0.25, 0.3) is 22.6 Å². The monoisotopic (exact) mass is 529 g/mol. The Balaban J connectivity index is 1.54. The molecule has 0 aliphatic heterocycles. The topological polar surface area (TPSA) is 87.4 Å². The molecule has 3 aromatic carbocycles. The summed E-state index contributed by atoms with van der Waals surface area (Å²) < 4.78 is 6.76. The number of carbonyl (C=O) groups is 1. The molecule has 0 bridgehead atoms. The van der Waals surface area contributed by atoms with Crippen LogP contribution in [0.3, 0.4) is 0 Å². The fraction of sp³-hybridized carbons (Fsp3) is 0.0455. The Kier molecular flexibility index (Phi) is 5.69. The fourth-order valence-electron chi connectivity index (χ4n) is 2.90. The number of aromatic nitrogens is 1. The van der Waals surface area contributed by atoms with Gasteiger partial charge in [-0.3, -0.25) is 10.1 Å². The summed E-state index contributed by atoms with van der Waals surface area (Å²) in [5.41, 5.74) is 3.91. The third-order valence-electron chi connectivity index (χ3n) is 4.34. The number of phenols is 1. The molecule has 8 heteroatoms. The van der Waals surface area contributed by atoms with Crippen LogP contribution in [0.15, 0.2) is 65.1 Å². The van der Waals surface area contributed by atoms with Gasteiger partial charge in [0.25, 0.3) is 5.91 Å². The molecule has 6 nitrogen and oxygen atoms in total. The van der Waals surface area contributed by atoms with Gasteiger partial charge in [0.15, 0.2) is 10.7 Å². The molecule has 0 atom stereocenters. The normalized spacial score (nSPS) is 10.7. The molecule has 0 radical (unpaired) electrons. The third kappa shape index (κ3) is 4.44. The quantitative estimate of drug-likeness (QED) is 0.191. The highest BCUT2D eigenvalue weighted by molar-refractivity contribution is 14.1. The van der Waals surface area contributed by atoms with Gasteiger partial charge in [-0.2, -0.15) is 0 Å². The summed E-state index contributed by atoms with van der Waals surface area (Å²) in [7, 11) is 0. The van der Waals surface area contributed by atoms with Gasteiger partial charge >= 0.3 is 0 Å². The molecule has 30 heavy (non-hydrogen) atoms. The zero-order valence-electron chi connectivity index (χ0n) is 15.8. The van der Waals surface area contributed by atoms with Gasteiger partial charge < -0.3 is 14.8 Å². The van der Waals surface area contributed by atoms with Gasteiger partial charge in [-0.25, -0.2) is 4.98 Å². The number of benzene rings is 3. The molecule has 1 amide bonds. The number of nitrogens with one attached hydrogen (secondary N) is 2. The van der Waals surface area contributed by atoms with Crippen molar-refractivity contribution in [3.63, 3.8) is 0 Å². The van der Waals surface area contributed by atoms with E-state index in [0.29, 0.717) is 33.8 Å². The highest BCUT2D eigenvalue weighted by Crippen LogP contribution is 2.33. The largest absolute Gasteiger partial charge is 0.507 e. The van der Waals surface area contributed by atoms with Crippen LogP contribution in [-0.2, 0) is 0 Å². The summed E-state index contributed by atoms with van der Waals surface area (Å²) in [6.45, 7) is 1.97. The number of aryl methyl sites for hydroxylation is 1. The van der Waals surface area contributed by atoms with E-state index < -0.39 is 0 Å².